The smallest absolute Gasteiger partial charge is 0.342 e. The van der Waals surface area contributed by atoms with Crippen LogP contribution in [-0.2, 0) is 9.53 Å². The van der Waals surface area contributed by atoms with E-state index in [0.29, 0.717) is 5.39 Å². The zero-order valence-corrected chi connectivity index (χ0v) is 15.0. The van der Waals surface area contributed by atoms with E-state index in [4.69, 9.17) is 16.3 Å². The average molecular weight is 401 g/mol. The molecule has 142 valence electrons. The van der Waals surface area contributed by atoms with Gasteiger partial charge in [0.05, 0.1) is 4.92 Å². The van der Waals surface area contributed by atoms with Crippen molar-refractivity contribution in [2.45, 2.75) is 0 Å². The molecule has 0 bridgehead atoms. The van der Waals surface area contributed by atoms with Crippen LogP contribution in [0.4, 0.5) is 11.4 Å². The van der Waals surface area contributed by atoms with Crippen molar-refractivity contribution in [3.63, 3.8) is 0 Å². The molecule has 0 aliphatic heterocycles. The molecule has 1 amide bonds. The second-order valence-corrected chi connectivity index (χ2v) is 6.20. The topological polar surface area (TPSA) is 119 Å². The Bertz CT molecular complexity index is 1100. The number of halogens is 1. The Labute approximate surface area is 163 Å². The zero-order valence-electron chi connectivity index (χ0n) is 14.2. The van der Waals surface area contributed by atoms with Crippen LogP contribution in [0.3, 0.4) is 0 Å². The van der Waals surface area contributed by atoms with Crippen molar-refractivity contribution in [3.05, 3.63) is 75.3 Å². The lowest BCUT2D eigenvalue weighted by molar-refractivity contribution is -0.383. The van der Waals surface area contributed by atoms with Crippen molar-refractivity contribution in [1.82, 2.24) is 0 Å². The van der Waals surface area contributed by atoms with Crippen LogP contribution in [0.25, 0.3) is 10.8 Å². The summed E-state index contributed by atoms with van der Waals surface area (Å²) in [4.78, 5) is 34.6. The van der Waals surface area contributed by atoms with Gasteiger partial charge in [0.2, 0.25) is 0 Å². The van der Waals surface area contributed by atoms with Gasteiger partial charge >= 0.3 is 5.97 Å². The molecule has 0 fully saturated rings. The summed E-state index contributed by atoms with van der Waals surface area (Å²) in [6.07, 6.45) is 0. The first-order valence-corrected chi connectivity index (χ1v) is 8.35. The van der Waals surface area contributed by atoms with Crippen molar-refractivity contribution in [2.24, 2.45) is 0 Å². The number of nitrogens with zero attached hydrogens (tertiary/aromatic N) is 1. The van der Waals surface area contributed by atoms with E-state index < -0.39 is 23.4 Å². The van der Waals surface area contributed by atoms with E-state index in [0.717, 1.165) is 11.5 Å². The summed E-state index contributed by atoms with van der Waals surface area (Å²) in [6.45, 7) is -0.700. The maximum atomic E-state index is 12.2. The van der Waals surface area contributed by atoms with Crippen LogP contribution in [0.15, 0.2) is 54.6 Å². The number of nitrogens with one attached hydrogen (secondary N) is 1. The van der Waals surface area contributed by atoms with Gasteiger partial charge in [-0.05, 0) is 35.0 Å². The summed E-state index contributed by atoms with van der Waals surface area (Å²) in [5.74, 6) is -1.98. The molecule has 0 spiro atoms. The highest BCUT2D eigenvalue weighted by Gasteiger charge is 2.19. The van der Waals surface area contributed by atoms with Gasteiger partial charge in [0.15, 0.2) is 6.61 Å². The third-order valence-corrected chi connectivity index (χ3v) is 4.08. The van der Waals surface area contributed by atoms with Crippen LogP contribution >= 0.6 is 11.6 Å². The Balaban J connectivity index is 1.70. The molecule has 9 heteroatoms. The first-order chi connectivity index (χ1) is 13.3. The number of ether oxygens (including phenoxy) is 1. The third-order valence-electron chi connectivity index (χ3n) is 3.85. The molecule has 0 saturated heterocycles. The molecule has 0 unspecified atom stereocenters. The van der Waals surface area contributed by atoms with E-state index in [1.165, 1.54) is 24.3 Å². The standard InChI is InChI=1S/C19H13ClN2O6/c20-13-5-6-16(22(26)27)15(9-13)21-18(24)10-28-19(25)14-7-11-3-1-2-4-12(11)8-17(14)23/h1-9,23H,10H2,(H,21,24). The summed E-state index contributed by atoms with van der Waals surface area (Å²) < 4.78 is 4.91. The fourth-order valence-electron chi connectivity index (χ4n) is 2.55. The second-order valence-electron chi connectivity index (χ2n) is 5.76. The number of carbonyl (C=O) groups excluding carboxylic acids is 2. The number of phenols is 1. The van der Waals surface area contributed by atoms with Crippen molar-refractivity contribution in [3.8, 4) is 5.75 Å². The Kier molecular flexibility index (Phi) is 5.42. The van der Waals surface area contributed by atoms with Crippen LogP contribution in [0.1, 0.15) is 10.4 Å². The number of hydrogen-bond donors (Lipinski definition) is 2. The highest BCUT2D eigenvalue weighted by atomic mass is 35.5. The fourth-order valence-corrected chi connectivity index (χ4v) is 2.73. The van der Waals surface area contributed by atoms with Gasteiger partial charge in [-0.2, -0.15) is 0 Å². The van der Waals surface area contributed by atoms with Crippen LogP contribution in [0.5, 0.6) is 5.75 Å². The molecule has 3 aromatic rings. The van der Waals surface area contributed by atoms with Gasteiger partial charge in [0.1, 0.15) is 17.0 Å². The Morgan fingerprint density at radius 2 is 1.79 bits per heavy atom. The molecule has 0 aromatic heterocycles. The van der Waals surface area contributed by atoms with Crippen molar-refractivity contribution in [1.29, 1.82) is 0 Å². The summed E-state index contributed by atoms with van der Waals surface area (Å²) in [5.41, 5.74) is -0.566. The van der Waals surface area contributed by atoms with Crippen molar-refractivity contribution < 1.29 is 24.4 Å². The number of nitro benzene ring substituents is 1. The number of rotatable bonds is 5. The van der Waals surface area contributed by atoms with Crippen LogP contribution in [0.2, 0.25) is 5.02 Å². The van der Waals surface area contributed by atoms with E-state index in [2.05, 4.69) is 5.32 Å². The number of nitro groups is 1. The summed E-state index contributed by atoms with van der Waals surface area (Å²) in [5, 5.41) is 24.9. The van der Waals surface area contributed by atoms with Gasteiger partial charge in [0, 0.05) is 11.1 Å². The molecule has 3 aromatic carbocycles. The van der Waals surface area contributed by atoms with Crippen LogP contribution < -0.4 is 5.32 Å². The summed E-state index contributed by atoms with van der Waals surface area (Å²) in [7, 11) is 0. The predicted octanol–water partition coefficient (Wildman–Crippen LogP) is 3.90. The number of phenolic OH excluding ortho intramolecular Hbond substituents is 1. The molecule has 0 aliphatic rings. The minimum atomic E-state index is -0.904. The average Bonchev–Trinajstić information content (AvgIpc) is 2.65. The normalized spacial score (nSPS) is 10.5. The maximum absolute atomic E-state index is 12.2. The Morgan fingerprint density at radius 3 is 2.46 bits per heavy atom. The number of hydrogen-bond acceptors (Lipinski definition) is 6. The predicted molar refractivity (Wildman–Crippen MR) is 103 cm³/mol. The molecule has 28 heavy (non-hydrogen) atoms. The van der Waals surface area contributed by atoms with E-state index in [1.54, 1.807) is 24.3 Å². The molecule has 8 nitrogen and oxygen atoms in total. The molecule has 2 N–H and O–H groups in total. The number of fused-ring (bicyclic) bond motifs is 1. The maximum Gasteiger partial charge on any atom is 0.342 e. The Hall–Kier alpha value is -3.65. The first kappa shape index (κ1) is 19.1. The second kappa shape index (κ2) is 7.93. The van der Waals surface area contributed by atoms with Gasteiger partial charge in [-0.1, -0.05) is 35.9 Å². The Morgan fingerprint density at radius 1 is 1.11 bits per heavy atom. The lowest BCUT2D eigenvalue weighted by atomic mass is 10.1. The number of aromatic hydroxyl groups is 1. The van der Waals surface area contributed by atoms with E-state index in [-0.39, 0.29) is 27.7 Å². The van der Waals surface area contributed by atoms with Gasteiger partial charge in [-0.15, -0.1) is 0 Å². The number of anilines is 1. The zero-order chi connectivity index (χ0) is 20.3. The number of amides is 1. The fraction of sp³-hybridized carbons (Fsp3) is 0.0526. The summed E-state index contributed by atoms with van der Waals surface area (Å²) >= 11 is 5.79. The third kappa shape index (κ3) is 4.18. The monoisotopic (exact) mass is 400 g/mol. The first-order valence-electron chi connectivity index (χ1n) is 7.98. The number of benzene rings is 3. The van der Waals surface area contributed by atoms with Gasteiger partial charge in [0.25, 0.3) is 11.6 Å². The van der Waals surface area contributed by atoms with E-state index in [1.807, 2.05) is 0 Å². The van der Waals surface area contributed by atoms with Crippen molar-refractivity contribution >= 4 is 45.6 Å². The van der Waals surface area contributed by atoms with Gasteiger partial charge < -0.3 is 15.2 Å². The van der Waals surface area contributed by atoms with E-state index >= 15 is 0 Å². The number of esters is 1. The molecule has 0 radical (unpaired) electrons. The molecule has 0 atom stereocenters. The van der Waals surface area contributed by atoms with Gasteiger partial charge in [-0.3, -0.25) is 14.9 Å². The van der Waals surface area contributed by atoms with Gasteiger partial charge in [-0.25, -0.2) is 4.79 Å². The lowest BCUT2D eigenvalue weighted by Gasteiger charge is -2.09. The van der Waals surface area contributed by atoms with E-state index in [9.17, 15) is 24.8 Å². The molecular weight excluding hydrogens is 388 g/mol. The SMILES string of the molecule is O=C(COC(=O)c1cc2ccccc2cc1O)Nc1cc(Cl)ccc1[N+](=O)[O-]. The highest BCUT2D eigenvalue weighted by molar-refractivity contribution is 6.31. The minimum absolute atomic E-state index is 0.0970. The number of carbonyl (C=O) groups is 2. The lowest BCUT2D eigenvalue weighted by Crippen LogP contribution is -2.21. The summed E-state index contributed by atoms with van der Waals surface area (Å²) in [6, 6.07) is 13.7. The molecule has 0 heterocycles. The molecule has 3 rings (SSSR count). The van der Waals surface area contributed by atoms with Crippen LogP contribution in [-0.4, -0.2) is 28.5 Å². The largest absolute Gasteiger partial charge is 0.507 e. The van der Waals surface area contributed by atoms with Crippen molar-refractivity contribution in [2.75, 3.05) is 11.9 Å². The highest BCUT2D eigenvalue weighted by Crippen LogP contribution is 2.28. The quantitative estimate of drug-likeness (QED) is 0.381. The van der Waals surface area contributed by atoms with Crippen LogP contribution in [0, 0.1) is 10.1 Å². The molecule has 0 aliphatic carbocycles. The minimum Gasteiger partial charge on any atom is -0.507 e. The molecule has 0 saturated carbocycles. The molecular formula is C19H13ClN2O6.